The Balaban J connectivity index is 1.71. The zero-order valence-corrected chi connectivity index (χ0v) is 15.6. The number of hydrogen-bond donors (Lipinski definition) is 1. The van der Waals surface area contributed by atoms with E-state index in [0.717, 1.165) is 30.5 Å². The first-order valence-corrected chi connectivity index (χ1v) is 10.8. The average molecular weight is 362 g/mol. The predicted molar refractivity (Wildman–Crippen MR) is 98.7 cm³/mol. The molecular weight excluding hydrogens is 336 g/mol. The van der Waals surface area contributed by atoms with E-state index in [1.165, 1.54) is 24.5 Å². The van der Waals surface area contributed by atoms with E-state index >= 15 is 0 Å². The van der Waals surface area contributed by atoms with Crippen molar-refractivity contribution in [1.82, 2.24) is 10.2 Å². The Morgan fingerprint density at radius 1 is 1.24 bits per heavy atom. The maximum atomic E-state index is 12.8. The zero-order valence-electron chi connectivity index (χ0n) is 14.8. The number of rotatable bonds is 5. The van der Waals surface area contributed by atoms with Gasteiger partial charge in [0.25, 0.3) is 0 Å². The fraction of sp³-hybridized carbons (Fsp3) is 0.526. The standard InChI is InChI=1S/C19H26N2O3S/c1-14(10-11-25(2,23)24)20-19(22)21-13-17(15-8-9-15)12-18(21)16-6-4-3-5-7-16/h3-7,10-11,14-15,17-18H,8-9,12-13H2,1-2H3,(H,20,22)/b11-10+/t14-,17-,18-/m0/s1. The molecule has 3 rings (SSSR count). The Kier molecular flexibility index (Phi) is 5.18. The molecule has 1 saturated carbocycles. The number of carbonyl (C=O) groups is 1. The van der Waals surface area contributed by atoms with Crippen LogP contribution < -0.4 is 5.32 Å². The van der Waals surface area contributed by atoms with Gasteiger partial charge in [0.05, 0.1) is 6.04 Å². The maximum absolute atomic E-state index is 12.8. The molecule has 25 heavy (non-hydrogen) atoms. The van der Waals surface area contributed by atoms with Gasteiger partial charge in [-0.1, -0.05) is 36.4 Å². The molecule has 2 aliphatic rings. The lowest BCUT2D eigenvalue weighted by Gasteiger charge is -2.26. The SMILES string of the molecule is C[C@@H](/C=C/S(C)(=O)=O)NC(=O)N1C[C@@H](C2CC2)C[C@H]1c1ccccc1. The normalized spacial score (nSPS) is 25.3. The Labute approximate surface area is 150 Å². The highest BCUT2D eigenvalue weighted by molar-refractivity contribution is 7.93. The second-order valence-corrected chi connectivity index (χ2v) is 9.24. The molecule has 0 aromatic heterocycles. The molecule has 0 spiro atoms. The smallest absolute Gasteiger partial charge is 0.318 e. The largest absolute Gasteiger partial charge is 0.332 e. The van der Waals surface area contributed by atoms with Gasteiger partial charge in [0.15, 0.2) is 9.84 Å². The van der Waals surface area contributed by atoms with Crippen molar-refractivity contribution in [1.29, 1.82) is 0 Å². The summed E-state index contributed by atoms with van der Waals surface area (Å²) in [5, 5.41) is 4.05. The van der Waals surface area contributed by atoms with Gasteiger partial charge in [-0.25, -0.2) is 13.2 Å². The molecule has 1 aliphatic heterocycles. The topological polar surface area (TPSA) is 66.5 Å². The van der Waals surface area contributed by atoms with Crippen molar-refractivity contribution in [2.24, 2.45) is 11.8 Å². The van der Waals surface area contributed by atoms with Crippen molar-refractivity contribution in [2.75, 3.05) is 12.8 Å². The van der Waals surface area contributed by atoms with E-state index in [-0.39, 0.29) is 18.1 Å². The molecule has 5 nitrogen and oxygen atoms in total. The number of urea groups is 1. The third-order valence-electron chi connectivity index (χ3n) is 5.03. The number of amides is 2. The summed E-state index contributed by atoms with van der Waals surface area (Å²) in [7, 11) is -3.18. The Morgan fingerprint density at radius 2 is 1.92 bits per heavy atom. The number of sulfone groups is 1. The van der Waals surface area contributed by atoms with Gasteiger partial charge in [-0.05, 0) is 43.6 Å². The first kappa shape index (κ1) is 18.0. The quantitative estimate of drug-likeness (QED) is 0.875. The molecule has 1 saturated heterocycles. The fourth-order valence-electron chi connectivity index (χ4n) is 3.58. The van der Waals surface area contributed by atoms with Crippen LogP contribution in [-0.2, 0) is 9.84 Å². The lowest BCUT2D eigenvalue weighted by molar-refractivity contribution is 0.190. The van der Waals surface area contributed by atoms with E-state index in [2.05, 4.69) is 17.4 Å². The minimum Gasteiger partial charge on any atom is -0.332 e. The van der Waals surface area contributed by atoms with E-state index in [1.54, 1.807) is 6.92 Å². The van der Waals surface area contributed by atoms with E-state index in [1.807, 2.05) is 23.1 Å². The summed E-state index contributed by atoms with van der Waals surface area (Å²) in [5.41, 5.74) is 1.17. The highest BCUT2D eigenvalue weighted by Crippen LogP contribution is 2.47. The summed E-state index contributed by atoms with van der Waals surface area (Å²) >= 11 is 0. The van der Waals surface area contributed by atoms with Crippen molar-refractivity contribution in [2.45, 2.75) is 38.3 Å². The monoisotopic (exact) mass is 362 g/mol. The number of carbonyl (C=O) groups excluding carboxylic acids is 1. The Bertz CT molecular complexity index is 741. The number of nitrogens with zero attached hydrogens (tertiary/aromatic N) is 1. The molecule has 1 heterocycles. The molecule has 2 fully saturated rings. The van der Waals surface area contributed by atoms with Crippen molar-refractivity contribution in [3.63, 3.8) is 0 Å². The molecule has 136 valence electrons. The molecule has 0 radical (unpaired) electrons. The third kappa shape index (κ3) is 4.84. The molecular formula is C19H26N2O3S. The molecule has 1 N–H and O–H groups in total. The van der Waals surface area contributed by atoms with Gasteiger partial charge in [-0.3, -0.25) is 0 Å². The molecule has 3 atom stereocenters. The van der Waals surface area contributed by atoms with Crippen LogP contribution in [0.2, 0.25) is 0 Å². The second-order valence-electron chi connectivity index (χ2n) is 7.31. The van der Waals surface area contributed by atoms with Crippen LogP contribution in [-0.4, -0.2) is 38.2 Å². The van der Waals surface area contributed by atoms with Gasteiger partial charge in [-0.15, -0.1) is 0 Å². The van der Waals surface area contributed by atoms with Gasteiger partial charge in [0.1, 0.15) is 0 Å². The molecule has 1 aromatic rings. The first-order chi connectivity index (χ1) is 11.8. The van der Waals surface area contributed by atoms with Gasteiger partial charge in [-0.2, -0.15) is 0 Å². The van der Waals surface area contributed by atoms with Crippen molar-refractivity contribution in [3.05, 3.63) is 47.4 Å². The molecule has 0 unspecified atom stereocenters. The molecule has 0 bridgehead atoms. The van der Waals surface area contributed by atoms with Gasteiger partial charge in [0.2, 0.25) is 0 Å². The summed E-state index contributed by atoms with van der Waals surface area (Å²) in [6, 6.07) is 9.79. The highest BCUT2D eigenvalue weighted by atomic mass is 32.2. The Hall–Kier alpha value is -1.82. The van der Waals surface area contributed by atoms with E-state index in [4.69, 9.17) is 0 Å². The number of hydrogen-bond acceptors (Lipinski definition) is 3. The second kappa shape index (κ2) is 7.20. The molecule has 2 amide bonds. The van der Waals surface area contributed by atoms with Crippen LogP contribution in [0.3, 0.4) is 0 Å². The van der Waals surface area contributed by atoms with Gasteiger partial charge in [0, 0.05) is 24.3 Å². The van der Waals surface area contributed by atoms with Crippen LogP contribution in [0.15, 0.2) is 41.8 Å². The first-order valence-electron chi connectivity index (χ1n) is 8.84. The van der Waals surface area contributed by atoms with Crippen LogP contribution in [0, 0.1) is 11.8 Å². The zero-order chi connectivity index (χ0) is 18.0. The number of nitrogens with one attached hydrogen (secondary N) is 1. The van der Waals surface area contributed by atoms with E-state index < -0.39 is 9.84 Å². The minimum absolute atomic E-state index is 0.0953. The lowest BCUT2D eigenvalue weighted by Crippen LogP contribution is -2.43. The summed E-state index contributed by atoms with van der Waals surface area (Å²) in [5.74, 6) is 1.32. The van der Waals surface area contributed by atoms with Crippen LogP contribution in [0.4, 0.5) is 4.79 Å². The summed E-state index contributed by atoms with van der Waals surface area (Å²) in [6.45, 7) is 2.56. The predicted octanol–water partition coefficient (Wildman–Crippen LogP) is 3.12. The number of benzene rings is 1. The summed E-state index contributed by atoms with van der Waals surface area (Å²) in [4.78, 5) is 14.7. The molecule has 1 aromatic carbocycles. The summed E-state index contributed by atoms with van der Waals surface area (Å²) < 4.78 is 22.5. The Morgan fingerprint density at radius 3 is 2.52 bits per heavy atom. The van der Waals surface area contributed by atoms with Crippen LogP contribution in [0.5, 0.6) is 0 Å². The van der Waals surface area contributed by atoms with Crippen LogP contribution >= 0.6 is 0 Å². The van der Waals surface area contributed by atoms with Crippen molar-refractivity contribution < 1.29 is 13.2 Å². The average Bonchev–Trinajstić information content (AvgIpc) is 3.31. The molecule has 1 aliphatic carbocycles. The number of likely N-dealkylation sites (tertiary alicyclic amines) is 1. The lowest BCUT2D eigenvalue weighted by atomic mass is 9.96. The minimum atomic E-state index is -3.18. The molecule has 6 heteroatoms. The van der Waals surface area contributed by atoms with Crippen molar-refractivity contribution in [3.8, 4) is 0 Å². The van der Waals surface area contributed by atoms with Gasteiger partial charge >= 0.3 is 6.03 Å². The van der Waals surface area contributed by atoms with Crippen LogP contribution in [0.25, 0.3) is 0 Å². The van der Waals surface area contributed by atoms with Crippen LogP contribution in [0.1, 0.15) is 37.8 Å². The fourth-order valence-corrected chi connectivity index (χ4v) is 4.10. The van der Waals surface area contributed by atoms with E-state index in [0.29, 0.717) is 5.92 Å². The highest BCUT2D eigenvalue weighted by Gasteiger charge is 2.43. The van der Waals surface area contributed by atoms with Crippen molar-refractivity contribution >= 4 is 15.9 Å². The third-order valence-corrected chi connectivity index (χ3v) is 5.68. The van der Waals surface area contributed by atoms with E-state index in [9.17, 15) is 13.2 Å². The summed E-state index contributed by atoms with van der Waals surface area (Å²) in [6.07, 6.45) is 6.21. The van der Waals surface area contributed by atoms with Gasteiger partial charge < -0.3 is 10.2 Å². The maximum Gasteiger partial charge on any atom is 0.318 e.